The quantitative estimate of drug-likeness (QED) is 0.327. The number of aliphatic imine (C=N–C) groups is 2. The molecule has 0 radical (unpaired) electrons. The van der Waals surface area contributed by atoms with E-state index in [1.165, 1.54) is 25.6 Å². The summed E-state index contributed by atoms with van der Waals surface area (Å²) in [6.45, 7) is 1.47. The van der Waals surface area contributed by atoms with Crippen molar-refractivity contribution in [3.05, 3.63) is 71.2 Å². The third-order valence-electron chi connectivity index (χ3n) is 4.89. The van der Waals surface area contributed by atoms with Crippen molar-refractivity contribution in [2.75, 3.05) is 0 Å². The molecule has 2 unspecified atom stereocenters. The van der Waals surface area contributed by atoms with Gasteiger partial charge in [0, 0.05) is 5.56 Å². The van der Waals surface area contributed by atoms with Crippen LogP contribution in [0.5, 0.6) is 0 Å². The van der Waals surface area contributed by atoms with E-state index in [2.05, 4.69) is 26.9 Å². The normalized spacial score (nSPS) is 21.7. The standard InChI is InChI=1S/C21H16F4N5O2/c1-2-20(31,14-5-3-6-15(18(14)22)21(23,24)25)9-8-13-12-30(26)17(11-27-13)28-19(29-30)16-7-4-10-32-16/h3-7,10-12,31H,2,26H2,1H3/q+1. The van der Waals surface area contributed by atoms with Gasteiger partial charge in [-0.2, -0.15) is 18.2 Å². The molecule has 1 aromatic carbocycles. The van der Waals surface area contributed by atoms with Gasteiger partial charge >= 0.3 is 6.18 Å². The van der Waals surface area contributed by atoms with Gasteiger partial charge in [-0.25, -0.2) is 9.38 Å². The first-order valence-electron chi connectivity index (χ1n) is 9.35. The maximum Gasteiger partial charge on any atom is 0.419 e. The van der Waals surface area contributed by atoms with Gasteiger partial charge in [-0.1, -0.05) is 25.0 Å². The Balaban J connectivity index is 1.69. The van der Waals surface area contributed by atoms with Gasteiger partial charge in [-0.15, -0.1) is 5.84 Å². The number of amidine groups is 2. The summed E-state index contributed by atoms with van der Waals surface area (Å²) >= 11 is 0. The van der Waals surface area contributed by atoms with Crippen LogP contribution in [0, 0.1) is 17.7 Å². The molecule has 4 rings (SSSR count). The zero-order chi connectivity index (χ0) is 23.1. The van der Waals surface area contributed by atoms with Crippen LogP contribution in [0.3, 0.4) is 0 Å². The SMILES string of the molecule is CCC(O)(C#CC1=C[N+]2(N)N=C(c3ccco3)N=C2C=N1)c1cccc(C(F)(F)F)c1F. The first kappa shape index (κ1) is 21.6. The number of fused-ring (bicyclic) bond motifs is 1. The average molecular weight is 446 g/mol. The van der Waals surface area contributed by atoms with E-state index in [4.69, 9.17) is 10.3 Å². The first-order chi connectivity index (χ1) is 15.1. The van der Waals surface area contributed by atoms with Gasteiger partial charge in [0.15, 0.2) is 23.3 Å². The third kappa shape index (κ3) is 3.75. The van der Waals surface area contributed by atoms with Crippen molar-refractivity contribution < 1.29 is 31.8 Å². The largest absolute Gasteiger partial charge is 0.461 e. The second kappa shape index (κ2) is 7.52. The maximum atomic E-state index is 14.6. The number of hydrogen-bond donors (Lipinski definition) is 2. The highest BCUT2D eigenvalue weighted by molar-refractivity contribution is 6.31. The molecular weight excluding hydrogens is 430 g/mol. The second-order valence-electron chi connectivity index (χ2n) is 7.01. The number of allylic oxidation sites excluding steroid dienone is 1. The number of quaternary nitrogens is 1. The predicted octanol–water partition coefficient (Wildman–Crippen LogP) is 3.43. The van der Waals surface area contributed by atoms with E-state index < -0.39 is 33.4 Å². The number of aliphatic hydroxyl groups is 1. The lowest BCUT2D eigenvalue weighted by Gasteiger charge is -2.23. The Morgan fingerprint density at radius 1 is 1.19 bits per heavy atom. The smallest absolute Gasteiger partial charge is 0.419 e. The zero-order valence-corrected chi connectivity index (χ0v) is 16.6. The molecular formula is C21H16F4N5O2+. The van der Waals surface area contributed by atoms with E-state index in [-0.39, 0.29) is 23.8 Å². The van der Waals surface area contributed by atoms with Crippen molar-refractivity contribution in [2.45, 2.75) is 25.1 Å². The molecule has 0 saturated carbocycles. The van der Waals surface area contributed by atoms with Gasteiger partial charge < -0.3 is 9.52 Å². The molecule has 0 spiro atoms. The highest BCUT2D eigenvalue weighted by Gasteiger charge is 2.41. The van der Waals surface area contributed by atoms with E-state index in [0.717, 1.165) is 12.1 Å². The topological polar surface area (TPSA) is 96.5 Å². The minimum Gasteiger partial charge on any atom is -0.461 e. The molecule has 7 nitrogen and oxygen atoms in total. The molecule has 0 amide bonds. The van der Waals surface area contributed by atoms with E-state index in [0.29, 0.717) is 11.8 Å². The van der Waals surface area contributed by atoms with Gasteiger partial charge in [0.25, 0.3) is 11.7 Å². The van der Waals surface area contributed by atoms with Gasteiger partial charge in [-0.3, -0.25) is 0 Å². The Labute approximate surface area is 179 Å². The van der Waals surface area contributed by atoms with Crippen molar-refractivity contribution in [3.8, 4) is 11.8 Å². The summed E-state index contributed by atoms with van der Waals surface area (Å²) in [4.78, 5) is 8.34. The molecule has 11 heteroatoms. The molecule has 0 aliphatic carbocycles. The monoisotopic (exact) mass is 446 g/mol. The van der Waals surface area contributed by atoms with Crippen molar-refractivity contribution >= 4 is 17.9 Å². The van der Waals surface area contributed by atoms with Crippen LogP contribution in [0.25, 0.3) is 0 Å². The number of nitrogens with two attached hydrogens (primary N) is 1. The van der Waals surface area contributed by atoms with E-state index in [1.807, 2.05) is 0 Å². The van der Waals surface area contributed by atoms with Crippen LogP contribution in [0.15, 0.2) is 68.0 Å². The minimum absolute atomic E-state index is 0.0650. The minimum atomic E-state index is -4.91. The maximum absolute atomic E-state index is 14.6. The molecule has 0 bridgehead atoms. The van der Waals surface area contributed by atoms with E-state index in [1.54, 1.807) is 12.1 Å². The fraction of sp³-hybridized carbons (Fsp3) is 0.190. The summed E-state index contributed by atoms with van der Waals surface area (Å²) in [5.74, 6) is 10.5. The Morgan fingerprint density at radius 3 is 2.59 bits per heavy atom. The molecule has 3 heterocycles. The van der Waals surface area contributed by atoms with E-state index in [9.17, 15) is 22.7 Å². The van der Waals surface area contributed by atoms with Gasteiger partial charge in [0.05, 0.1) is 11.8 Å². The van der Waals surface area contributed by atoms with Crippen molar-refractivity contribution in [2.24, 2.45) is 20.9 Å². The summed E-state index contributed by atoms with van der Waals surface area (Å²) in [5.41, 5.74) is -4.19. The first-order valence-corrected chi connectivity index (χ1v) is 9.35. The number of hydrogen-bond acceptors (Lipinski definition) is 6. The van der Waals surface area contributed by atoms with Crippen LogP contribution >= 0.6 is 0 Å². The summed E-state index contributed by atoms with van der Waals surface area (Å²) in [5, 5.41) is 15.1. The molecule has 0 saturated heterocycles. The Morgan fingerprint density at radius 2 is 1.94 bits per heavy atom. The molecule has 3 N–H and O–H groups in total. The lowest BCUT2D eigenvalue weighted by atomic mass is 9.89. The predicted molar refractivity (Wildman–Crippen MR) is 107 cm³/mol. The number of furan rings is 1. The molecule has 0 fully saturated rings. The number of alkyl halides is 3. The van der Waals surface area contributed by atoms with Crippen LogP contribution in [0.2, 0.25) is 0 Å². The fourth-order valence-corrected chi connectivity index (χ4v) is 3.14. The number of rotatable bonds is 3. The van der Waals surface area contributed by atoms with Crippen molar-refractivity contribution in [1.82, 2.24) is 0 Å². The molecule has 2 atom stereocenters. The van der Waals surface area contributed by atoms with Crippen LogP contribution in [-0.2, 0) is 11.8 Å². The molecule has 2 aliphatic rings. The van der Waals surface area contributed by atoms with Crippen molar-refractivity contribution in [1.29, 1.82) is 0 Å². The molecule has 2 aromatic rings. The summed E-state index contributed by atoms with van der Waals surface area (Å²) in [7, 11) is 0. The highest BCUT2D eigenvalue weighted by Crippen LogP contribution is 2.36. The summed E-state index contributed by atoms with van der Waals surface area (Å²) < 4.78 is 58.4. The lowest BCUT2D eigenvalue weighted by molar-refractivity contribution is -0.803. The third-order valence-corrected chi connectivity index (χ3v) is 4.89. The molecule has 2 aliphatic heterocycles. The second-order valence-corrected chi connectivity index (χ2v) is 7.01. The fourth-order valence-electron chi connectivity index (χ4n) is 3.14. The van der Waals surface area contributed by atoms with Crippen LogP contribution in [0.4, 0.5) is 17.6 Å². The van der Waals surface area contributed by atoms with Crippen LogP contribution < -0.4 is 5.84 Å². The number of benzene rings is 1. The van der Waals surface area contributed by atoms with Gasteiger partial charge in [0.2, 0.25) is 0 Å². The Kier molecular flexibility index (Phi) is 5.09. The zero-order valence-electron chi connectivity index (χ0n) is 16.6. The summed E-state index contributed by atoms with van der Waals surface area (Å²) in [6.07, 6.45) is -0.982. The average Bonchev–Trinajstić information content (AvgIpc) is 3.38. The van der Waals surface area contributed by atoms with Crippen molar-refractivity contribution in [3.63, 3.8) is 0 Å². The Bertz CT molecular complexity index is 1250. The number of nitrogens with zero attached hydrogens (tertiary/aromatic N) is 4. The summed E-state index contributed by atoms with van der Waals surface area (Å²) in [6, 6.07) is 5.99. The van der Waals surface area contributed by atoms with Crippen LogP contribution in [-0.4, -0.2) is 27.7 Å². The molecule has 32 heavy (non-hydrogen) atoms. The highest BCUT2D eigenvalue weighted by atomic mass is 19.4. The van der Waals surface area contributed by atoms with Gasteiger partial charge in [0.1, 0.15) is 12.0 Å². The van der Waals surface area contributed by atoms with Gasteiger partial charge in [-0.05, 0) is 40.3 Å². The molecule has 164 valence electrons. The molecule has 1 aromatic heterocycles. The van der Waals surface area contributed by atoms with Crippen LogP contribution in [0.1, 0.15) is 30.2 Å². The number of halogens is 4. The van der Waals surface area contributed by atoms with E-state index >= 15 is 0 Å². The Hall–Kier alpha value is -3.59. The lowest BCUT2D eigenvalue weighted by Crippen LogP contribution is -2.50.